The van der Waals surface area contributed by atoms with Gasteiger partial charge in [0.05, 0.1) is 12.1 Å². The molecule has 2 aromatic rings. The van der Waals surface area contributed by atoms with E-state index >= 15 is 0 Å². The molecule has 0 aromatic heterocycles. The van der Waals surface area contributed by atoms with E-state index in [0.29, 0.717) is 12.1 Å². The van der Waals surface area contributed by atoms with Gasteiger partial charge in [0.25, 0.3) is 5.91 Å². The Morgan fingerprint density at radius 2 is 1.74 bits per heavy atom. The minimum absolute atomic E-state index is 0.130. The molecule has 3 heteroatoms. The average molecular weight is 314 g/mol. The maximum absolute atomic E-state index is 11.9. The Bertz CT molecular complexity index is 626. The molecule has 0 aliphatic carbocycles. The minimum Gasteiger partial charge on any atom is -0.341 e. The molecule has 94 valence electrons. The summed E-state index contributed by atoms with van der Waals surface area (Å²) in [4.78, 5) is 11.9. The van der Waals surface area contributed by atoms with Gasteiger partial charge in [-0.05, 0) is 40.2 Å². The molecule has 0 aliphatic rings. The van der Waals surface area contributed by atoms with Crippen LogP contribution in [0.5, 0.6) is 0 Å². The van der Waals surface area contributed by atoms with Gasteiger partial charge in [-0.2, -0.15) is 0 Å². The van der Waals surface area contributed by atoms with Crippen LogP contribution in [0, 0.1) is 11.8 Å². The summed E-state index contributed by atoms with van der Waals surface area (Å²) < 4.78 is 0.781. The summed E-state index contributed by atoms with van der Waals surface area (Å²) in [7, 11) is 0. The van der Waals surface area contributed by atoms with Crippen molar-refractivity contribution in [2.24, 2.45) is 0 Å². The topological polar surface area (TPSA) is 29.1 Å². The van der Waals surface area contributed by atoms with E-state index in [1.165, 1.54) is 0 Å². The molecule has 0 bridgehead atoms. The van der Waals surface area contributed by atoms with Crippen molar-refractivity contribution in [1.29, 1.82) is 0 Å². The number of amides is 1. The Kier molecular flexibility index (Phi) is 4.77. The largest absolute Gasteiger partial charge is 0.341 e. The third kappa shape index (κ3) is 3.97. The van der Waals surface area contributed by atoms with Crippen LogP contribution in [0.25, 0.3) is 0 Å². The molecular formula is C16H12BrNO. The van der Waals surface area contributed by atoms with Crippen LogP contribution in [-0.4, -0.2) is 12.5 Å². The fourth-order valence-electron chi connectivity index (χ4n) is 1.53. The third-order valence-electron chi connectivity index (χ3n) is 2.46. The van der Waals surface area contributed by atoms with Gasteiger partial charge in [-0.1, -0.05) is 42.2 Å². The van der Waals surface area contributed by atoms with Crippen LogP contribution in [0.15, 0.2) is 59.1 Å². The lowest BCUT2D eigenvalue weighted by Gasteiger charge is -2.03. The second-order valence-corrected chi connectivity index (χ2v) is 4.68. The molecule has 0 spiro atoms. The van der Waals surface area contributed by atoms with Crippen LogP contribution in [0.4, 0.5) is 0 Å². The molecule has 19 heavy (non-hydrogen) atoms. The molecule has 1 amide bonds. The Labute approximate surface area is 121 Å². The summed E-state index contributed by atoms with van der Waals surface area (Å²) in [5.41, 5.74) is 1.56. The normalized spacial score (nSPS) is 9.32. The van der Waals surface area contributed by atoms with Crippen molar-refractivity contribution < 1.29 is 4.79 Å². The monoisotopic (exact) mass is 313 g/mol. The molecule has 0 heterocycles. The lowest BCUT2D eigenvalue weighted by Crippen LogP contribution is -2.23. The fraction of sp³-hybridized carbons (Fsp3) is 0.0625. The quantitative estimate of drug-likeness (QED) is 0.847. The molecular weight excluding hydrogens is 302 g/mol. The van der Waals surface area contributed by atoms with Crippen LogP contribution in [0.1, 0.15) is 15.9 Å². The second kappa shape index (κ2) is 6.77. The third-order valence-corrected chi connectivity index (χ3v) is 3.15. The van der Waals surface area contributed by atoms with E-state index in [9.17, 15) is 4.79 Å². The summed E-state index contributed by atoms with van der Waals surface area (Å²) in [5, 5.41) is 2.77. The fourth-order valence-corrected chi connectivity index (χ4v) is 2.00. The zero-order chi connectivity index (χ0) is 13.5. The lowest BCUT2D eigenvalue weighted by molar-refractivity contribution is 0.0958. The first-order valence-electron chi connectivity index (χ1n) is 5.84. The molecule has 0 saturated heterocycles. The summed E-state index contributed by atoms with van der Waals surface area (Å²) in [6.45, 7) is 0.328. The number of hydrogen-bond acceptors (Lipinski definition) is 1. The van der Waals surface area contributed by atoms with Crippen LogP contribution < -0.4 is 5.32 Å². The number of halogens is 1. The highest BCUT2D eigenvalue weighted by atomic mass is 79.9. The van der Waals surface area contributed by atoms with Gasteiger partial charge >= 0.3 is 0 Å². The molecule has 0 atom stereocenters. The highest BCUT2D eigenvalue weighted by Crippen LogP contribution is 2.15. The van der Waals surface area contributed by atoms with Crippen molar-refractivity contribution in [2.45, 2.75) is 0 Å². The van der Waals surface area contributed by atoms with Crippen LogP contribution in [-0.2, 0) is 0 Å². The first-order chi connectivity index (χ1) is 9.27. The Balaban J connectivity index is 1.92. The maximum atomic E-state index is 11.9. The second-order valence-electron chi connectivity index (χ2n) is 3.83. The van der Waals surface area contributed by atoms with Gasteiger partial charge in [0.1, 0.15) is 0 Å². The van der Waals surface area contributed by atoms with Crippen molar-refractivity contribution in [3.63, 3.8) is 0 Å². The average Bonchev–Trinajstić information content (AvgIpc) is 2.45. The zero-order valence-electron chi connectivity index (χ0n) is 10.2. The number of carbonyl (C=O) groups excluding carboxylic acids is 1. The summed E-state index contributed by atoms with van der Waals surface area (Å²) in [6.07, 6.45) is 0. The Morgan fingerprint density at radius 3 is 2.47 bits per heavy atom. The zero-order valence-corrected chi connectivity index (χ0v) is 11.8. The summed E-state index contributed by atoms with van der Waals surface area (Å²) in [6, 6.07) is 17.0. The predicted molar refractivity (Wildman–Crippen MR) is 79.8 cm³/mol. The Hall–Kier alpha value is -2.05. The van der Waals surface area contributed by atoms with E-state index in [2.05, 4.69) is 33.1 Å². The molecule has 0 unspecified atom stereocenters. The summed E-state index contributed by atoms with van der Waals surface area (Å²) >= 11 is 3.35. The van der Waals surface area contributed by atoms with Crippen molar-refractivity contribution in [1.82, 2.24) is 5.32 Å². The van der Waals surface area contributed by atoms with Gasteiger partial charge in [0.15, 0.2) is 0 Å². The van der Waals surface area contributed by atoms with Gasteiger partial charge in [-0.15, -0.1) is 0 Å². The number of benzene rings is 2. The van der Waals surface area contributed by atoms with Gasteiger partial charge in [0.2, 0.25) is 0 Å². The minimum atomic E-state index is -0.130. The van der Waals surface area contributed by atoms with Crippen LogP contribution in [0.3, 0.4) is 0 Å². The standard InChI is InChI=1S/C16H12BrNO/c17-15-11-5-4-10-14(15)16(19)18-12-6-9-13-7-2-1-3-8-13/h1-5,7-8,10-11H,12H2,(H,18,19). The highest BCUT2D eigenvalue weighted by Gasteiger charge is 2.06. The van der Waals surface area contributed by atoms with E-state index in [1.54, 1.807) is 6.07 Å². The van der Waals surface area contributed by atoms with Gasteiger partial charge in [-0.25, -0.2) is 0 Å². The van der Waals surface area contributed by atoms with Crippen molar-refractivity contribution in [3.05, 3.63) is 70.2 Å². The van der Waals surface area contributed by atoms with Crippen molar-refractivity contribution >= 4 is 21.8 Å². The SMILES string of the molecule is O=C(NCC#Cc1ccccc1)c1ccccc1Br. The molecule has 2 rings (SSSR count). The van der Waals surface area contributed by atoms with Crippen molar-refractivity contribution in [3.8, 4) is 11.8 Å². The van der Waals surface area contributed by atoms with Gasteiger partial charge in [0, 0.05) is 10.0 Å². The number of rotatable bonds is 2. The number of carbonyl (C=O) groups is 1. The molecule has 0 saturated carbocycles. The van der Waals surface area contributed by atoms with E-state index in [4.69, 9.17) is 0 Å². The molecule has 0 fully saturated rings. The van der Waals surface area contributed by atoms with Gasteiger partial charge in [-0.3, -0.25) is 4.79 Å². The van der Waals surface area contributed by atoms with Crippen LogP contribution >= 0.6 is 15.9 Å². The molecule has 1 N–H and O–H groups in total. The van der Waals surface area contributed by atoms with Crippen molar-refractivity contribution in [2.75, 3.05) is 6.54 Å². The lowest BCUT2D eigenvalue weighted by atomic mass is 10.2. The molecule has 0 radical (unpaired) electrons. The highest BCUT2D eigenvalue weighted by molar-refractivity contribution is 9.10. The van der Waals surface area contributed by atoms with E-state index in [0.717, 1.165) is 10.0 Å². The predicted octanol–water partition coefficient (Wildman–Crippen LogP) is 3.23. The molecule has 2 aromatic carbocycles. The first-order valence-corrected chi connectivity index (χ1v) is 6.63. The van der Waals surface area contributed by atoms with E-state index < -0.39 is 0 Å². The summed E-state index contributed by atoms with van der Waals surface area (Å²) in [5.74, 6) is 5.78. The maximum Gasteiger partial charge on any atom is 0.253 e. The van der Waals surface area contributed by atoms with E-state index in [1.807, 2.05) is 48.5 Å². The van der Waals surface area contributed by atoms with Gasteiger partial charge < -0.3 is 5.32 Å². The molecule has 2 nitrogen and oxygen atoms in total. The molecule has 0 aliphatic heterocycles. The smallest absolute Gasteiger partial charge is 0.253 e. The number of nitrogens with one attached hydrogen (secondary N) is 1. The van der Waals surface area contributed by atoms with E-state index in [-0.39, 0.29) is 5.91 Å². The first kappa shape index (κ1) is 13.4. The number of hydrogen-bond donors (Lipinski definition) is 1. The Morgan fingerprint density at radius 1 is 1.05 bits per heavy atom. The van der Waals surface area contributed by atoms with Crippen LogP contribution in [0.2, 0.25) is 0 Å².